The molecule has 3 atom stereocenters. The number of carbonyl (C=O) groups excluding carboxylic acids is 1. The summed E-state index contributed by atoms with van der Waals surface area (Å²) in [6, 6.07) is 15.7. The van der Waals surface area contributed by atoms with Crippen molar-refractivity contribution in [3.8, 4) is 11.5 Å². The Morgan fingerprint density at radius 1 is 1.04 bits per heavy atom. The zero-order valence-corrected chi connectivity index (χ0v) is 16.4. The van der Waals surface area contributed by atoms with Gasteiger partial charge in [0.1, 0.15) is 17.2 Å². The van der Waals surface area contributed by atoms with Gasteiger partial charge in [-0.25, -0.2) is 0 Å². The molecule has 2 aromatic carbocycles. The molecule has 0 bridgehead atoms. The SMILES string of the molecule is COc1cc(CCN2C(=O)[C@@H]3CC[C@@H]3C2(O)Cc2ccccc2)cc(OC)c1. The smallest absolute Gasteiger partial charge is 0.228 e. The van der Waals surface area contributed by atoms with Crippen molar-refractivity contribution in [3.05, 3.63) is 59.7 Å². The first-order valence-corrected chi connectivity index (χ1v) is 9.85. The van der Waals surface area contributed by atoms with Gasteiger partial charge >= 0.3 is 0 Å². The van der Waals surface area contributed by atoms with Crippen LogP contribution in [-0.2, 0) is 17.6 Å². The second kappa shape index (κ2) is 7.47. The third-order valence-electron chi connectivity index (χ3n) is 6.26. The van der Waals surface area contributed by atoms with Crippen molar-refractivity contribution in [1.82, 2.24) is 4.90 Å². The Labute approximate surface area is 165 Å². The number of amides is 1. The molecule has 1 saturated carbocycles. The van der Waals surface area contributed by atoms with E-state index in [4.69, 9.17) is 9.47 Å². The molecular weight excluding hydrogens is 354 g/mol. The molecule has 5 nitrogen and oxygen atoms in total. The number of rotatable bonds is 7. The molecule has 0 radical (unpaired) electrons. The number of likely N-dealkylation sites (tertiary alicyclic amines) is 1. The van der Waals surface area contributed by atoms with Gasteiger partial charge in [0.05, 0.1) is 14.2 Å². The number of carbonyl (C=O) groups is 1. The Morgan fingerprint density at radius 3 is 2.29 bits per heavy atom. The van der Waals surface area contributed by atoms with Crippen LogP contribution in [0.5, 0.6) is 11.5 Å². The lowest BCUT2D eigenvalue weighted by atomic mass is 9.70. The topological polar surface area (TPSA) is 59.0 Å². The summed E-state index contributed by atoms with van der Waals surface area (Å²) in [4.78, 5) is 14.7. The number of hydrogen-bond acceptors (Lipinski definition) is 4. The summed E-state index contributed by atoms with van der Waals surface area (Å²) in [5, 5.41) is 11.6. The summed E-state index contributed by atoms with van der Waals surface area (Å²) in [6.07, 6.45) is 2.89. The third kappa shape index (κ3) is 3.24. The van der Waals surface area contributed by atoms with E-state index in [0.29, 0.717) is 19.4 Å². The van der Waals surface area contributed by atoms with Crippen molar-refractivity contribution >= 4 is 5.91 Å². The first kappa shape index (κ1) is 18.8. The van der Waals surface area contributed by atoms with E-state index in [-0.39, 0.29) is 17.7 Å². The first-order valence-electron chi connectivity index (χ1n) is 9.85. The maximum absolute atomic E-state index is 13.0. The number of hydrogen-bond donors (Lipinski definition) is 1. The van der Waals surface area contributed by atoms with Crippen LogP contribution in [0.2, 0.25) is 0 Å². The monoisotopic (exact) mass is 381 g/mol. The van der Waals surface area contributed by atoms with E-state index in [1.165, 1.54) is 0 Å². The van der Waals surface area contributed by atoms with E-state index in [1.54, 1.807) is 19.1 Å². The molecule has 4 rings (SSSR count). The number of benzene rings is 2. The molecule has 1 amide bonds. The maximum Gasteiger partial charge on any atom is 0.228 e. The van der Waals surface area contributed by atoms with Crippen molar-refractivity contribution in [2.45, 2.75) is 31.4 Å². The minimum atomic E-state index is -1.11. The molecule has 148 valence electrons. The lowest BCUT2D eigenvalue weighted by Crippen LogP contribution is -2.52. The summed E-state index contributed by atoms with van der Waals surface area (Å²) in [5.74, 6) is 1.53. The molecule has 2 aliphatic rings. The number of nitrogens with zero attached hydrogens (tertiary/aromatic N) is 1. The molecule has 2 fully saturated rings. The van der Waals surface area contributed by atoms with Gasteiger partial charge in [-0.15, -0.1) is 0 Å². The van der Waals surface area contributed by atoms with E-state index in [1.807, 2.05) is 48.5 Å². The van der Waals surface area contributed by atoms with Crippen LogP contribution in [0.4, 0.5) is 0 Å². The fraction of sp³-hybridized carbons (Fsp3) is 0.435. The zero-order valence-electron chi connectivity index (χ0n) is 16.4. The fourth-order valence-electron chi connectivity index (χ4n) is 4.62. The van der Waals surface area contributed by atoms with Gasteiger partial charge in [-0.3, -0.25) is 4.79 Å². The van der Waals surface area contributed by atoms with Gasteiger partial charge in [0, 0.05) is 30.9 Å². The highest BCUT2D eigenvalue weighted by Gasteiger charge is 2.61. The van der Waals surface area contributed by atoms with Gasteiger partial charge in [-0.2, -0.15) is 0 Å². The number of fused-ring (bicyclic) bond motifs is 1. The molecule has 1 unspecified atom stereocenters. The van der Waals surface area contributed by atoms with E-state index >= 15 is 0 Å². The molecular formula is C23H27NO4. The molecule has 1 saturated heterocycles. The van der Waals surface area contributed by atoms with Crippen molar-refractivity contribution < 1.29 is 19.4 Å². The largest absolute Gasteiger partial charge is 0.497 e. The summed E-state index contributed by atoms with van der Waals surface area (Å²) < 4.78 is 10.7. The first-order chi connectivity index (χ1) is 13.5. The summed E-state index contributed by atoms with van der Waals surface area (Å²) in [7, 11) is 3.25. The van der Waals surface area contributed by atoms with E-state index in [0.717, 1.165) is 35.5 Å². The zero-order chi connectivity index (χ0) is 19.7. The van der Waals surface area contributed by atoms with Crippen LogP contribution in [0.25, 0.3) is 0 Å². The van der Waals surface area contributed by atoms with E-state index in [9.17, 15) is 9.90 Å². The number of ether oxygens (including phenoxy) is 2. The van der Waals surface area contributed by atoms with E-state index < -0.39 is 5.72 Å². The molecule has 1 N–H and O–H groups in total. The summed E-state index contributed by atoms with van der Waals surface area (Å²) in [5.41, 5.74) is 0.966. The van der Waals surface area contributed by atoms with Crippen molar-refractivity contribution in [2.75, 3.05) is 20.8 Å². The Kier molecular flexibility index (Phi) is 5.02. The standard InChI is InChI=1S/C23H27NO4/c1-27-18-12-17(13-19(14-18)28-2)10-11-24-22(25)20-8-9-21(20)23(24,26)15-16-6-4-3-5-7-16/h3-7,12-14,20-21,26H,8-11,15H2,1-2H3/t20-,21+,23?/m1/s1. The summed E-state index contributed by atoms with van der Waals surface area (Å²) >= 11 is 0. The van der Waals surface area contributed by atoms with Gasteiger partial charge in [-0.1, -0.05) is 30.3 Å². The average Bonchev–Trinajstić information content (AvgIpc) is 2.80. The van der Waals surface area contributed by atoms with Crippen LogP contribution in [0.3, 0.4) is 0 Å². The Balaban J connectivity index is 1.56. The average molecular weight is 381 g/mol. The van der Waals surface area contributed by atoms with Gasteiger partial charge in [0.25, 0.3) is 0 Å². The minimum absolute atomic E-state index is 0.0278. The highest BCUT2D eigenvalue weighted by molar-refractivity contribution is 5.84. The minimum Gasteiger partial charge on any atom is -0.497 e. The number of aliphatic hydroxyl groups is 1. The second-order valence-corrected chi connectivity index (χ2v) is 7.79. The molecule has 1 heterocycles. The Hall–Kier alpha value is -2.53. The van der Waals surface area contributed by atoms with E-state index in [2.05, 4.69) is 0 Å². The third-order valence-corrected chi connectivity index (χ3v) is 6.26. The molecule has 0 spiro atoms. The normalized spacial score (nSPS) is 26.0. The van der Waals surface area contributed by atoms with Gasteiger partial charge in [-0.05, 0) is 42.5 Å². The predicted molar refractivity (Wildman–Crippen MR) is 106 cm³/mol. The molecule has 2 aromatic rings. The molecule has 1 aliphatic heterocycles. The van der Waals surface area contributed by atoms with Crippen LogP contribution >= 0.6 is 0 Å². The maximum atomic E-state index is 13.0. The number of methoxy groups -OCH3 is 2. The van der Waals surface area contributed by atoms with Crippen LogP contribution in [0, 0.1) is 11.8 Å². The molecule has 1 aliphatic carbocycles. The quantitative estimate of drug-likeness (QED) is 0.801. The molecule has 0 aromatic heterocycles. The molecule has 28 heavy (non-hydrogen) atoms. The van der Waals surface area contributed by atoms with Crippen LogP contribution in [-0.4, -0.2) is 42.4 Å². The second-order valence-electron chi connectivity index (χ2n) is 7.79. The van der Waals surface area contributed by atoms with Crippen molar-refractivity contribution in [1.29, 1.82) is 0 Å². The highest BCUT2D eigenvalue weighted by Crippen LogP contribution is 2.51. The van der Waals surface area contributed by atoms with Crippen LogP contribution in [0.1, 0.15) is 24.0 Å². The summed E-state index contributed by atoms with van der Waals surface area (Å²) in [6.45, 7) is 0.478. The Morgan fingerprint density at radius 2 is 1.71 bits per heavy atom. The van der Waals surface area contributed by atoms with Crippen LogP contribution < -0.4 is 9.47 Å². The van der Waals surface area contributed by atoms with Crippen LogP contribution in [0.15, 0.2) is 48.5 Å². The fourth-order valence-corrected chi connectivity index (χ4v) is 4.62. The van der Waals surface area contributed by atoms with Gasteiger partial charge in [0.15, 0.2) is 0 Å². The predicted octanol–water partition coefficient (Wildman–Crippen LogP) is 3.05. The highest BCUT2D eigenvalue weighted by atomic mass is 16.5. The van der Waals surface area contributed by atoms with Crippen molar-refractivity contribution in [2.24, 2.45) is 11.8 Å². The Bertz CT molecular complexity index is 831. The van der Waals surface area contributed by atoms with Gasteiger partial charge < -0.3 is 19.5 Å². The molecule has 5 heteroatoms. The van der Waals surface area contributed by atoms with Gasteiger partial charge in [0.2, 0.25) is 5.91 Å². The van der Waals surface area contributed by atoms with Crippen molar-refractivity contribution in [3.63, 3.8) is 0 Å². The lowest BCUT2D eigenvalue weighted by molar-refractivity contribution is -0.149. The lowest BCUT2D eigenvalue weighted by Gasteiger charge is -2.41.